The fraction of sp³-hybridized carbons (Fsp3) is 0.409. The molecule has 1 heterocycles. The van der Waals surface area contributed by atoms with Gasteiger partial charge in [0.05, 0.1) is 19.8 Å². The second-order valence-corrected chi connectivity index (χ2v) is 6.67. The van der Waals surface area contributed by atoms with Gasteiger partial charge in [-0.05, 0) is 36.6 Å². The molecule has 3 rings (SSSR count). The number of hydrogen-bond donors (Lipinski definition) is 2. The lowest BCUT2D eigenvalue weighted by atomic mass is 9.95. The van der Waals surface area contributed by atoms with E-state index in [2.05, 4.69) is 41.8 Å². The average molecular weight is 495 g/mol. The molecule has 1 aliphatic rings. The monoisotopic (exact) mass is 495 g/mol. The summed E-state index contributed by atoms with van der Waals surface area (Å²) in [6.07, 6.45) is 1.22. The molecular formula is C22H30IN3O2. The van der Waals surface area contributed by atoms with E-state index in [4.69, 9.17) is 14.5 Å². The Bertz CT molecular complexity index is 722. The standard InChI is InChI=1S/C22H29N3O2.HI/c1-3-23-22(24-15-17-9-11-20(26-2)12-10-17)25-16-19-13-14-27-21(19)18-7-5-4-6-8-18;/h4-12,19,21H,3,13-16H2,1-2H3,(H2,23,24,25);1H. The smallest absolute Gasteiger partial charge is 0.191 e. The number of ether oxygens (including phenoxy) is 2. The minimum absolute atomic E-state index is 0. The van der Waals surface area contributed by atoms with E-state index in [1.54, 1.807) is 7.11 Å². The molecule has 1 aliphatic heterocycles. The molecule has 0 radical (unpaired) electrons. The van der Waals surface area contributed by atoms with Gasteiger partial charge in [-0.15, -0.1) is 24.0 Å². The van der Waals surface area contributed by atoms with Crippen LogP contribution >= 0.6 is 24.0 Å². The molecule has 0 spiro atoms. The van der Waals surface area contributed by atoms with Gasteiger partial charge in [0.1, 0.15) is 5.75 Å². The van der Waals surface area contributed by atoms with Gasteiger partial charge in [0, 0.05) is 25.6 Å². The highest BCUT2D eigenvalue weighted by molar-refractivity contribution is 14.0. The van der Waals surface area contributed by atoms with Crippen LogP contribution in [0.25, 0.3) is 0 Å². The molecule has 0 saturated carbocycles. The van der Waals surface area contributed by atoms with Crippen LogP contribution in [0.3, 0.4) is 0 Å². The number of nitrogens with one attached hydrogen (secondary N) is 2. The van der Waals surface area contributed by atoms with Crippen molar-refractivity contribution in [2.75, 3.05) is 26.8 Å². The van der Waals surface area contributed by atoms with Crippen LogP contribution in [0.4, 0.5) is 0 Å². The van der Waals surface area contributed by atoms with E-state index in [9.17, 15) is 0 Å². The summed E-state index contributed by atoms with van der Waals surface area (Å²) >= 11 is 0. The number of rotatable bonds is 7. The number of halogens is 1. The zero-order valence-corrected chi connectivity index (χ0v) is 18.9. The van der Waals surface area contributed by atoms with Crippen molar-refractivity contribution in [2.24, 2.45) is 10.9 Å². The quantitative estimate of drug-likeness (QED) is 0.345. The molecule has 0 amide bonds. The summed E-state index contributed by atoms with van der Waals surface area (Å²) in [5.74, 6) is 2.14. The summed E-state index contributed by atoms with van der Waals surface area (Å²) in [4.78, 5) is 4.71. The van der Waals surface area contributed by atoms with Gasteiger partial charge in [0.25, 0.3) is 0 Å². The average Bonchev–Trinajstić information content (AvgIpc) is 3.20. The van der Waals surface area contributed by atoms with Crippen molar-refractivity contribution in [1.82, 2.24) is 10.6 Å². The van der Waals surface area contributed by atoms with Gasteiger partial charge in [-0.2, -0.15) is 0 Å². The van der Waals surface area contributed by atoms with Gasteiger partial charge >= 0.3 is 0 Å². The lowest BCUT2D eigenvalue weighted by molar-refractivity contribution is 0.0915. The highest BCUT2D eigenvalue weighted by atomic mass is 127. The highest BCUT2D eigenvalue weighted by Crippen LogP contribution is 2.33. The predicted octanol–water partition coefficient (Wildman–Crippen LogP) is 4.15. The van der Waals surface area contributed by atoms with Crippen LogP contribution in [0.15, 0.2) is 59.6 Å². The van der Waals surface area contributed by atoms with Crippen LogP contribution in [-0.2, 0) is 11.3 Å². The van der Waals surface area contributed by atoms with E-state index in [0.717, 1.165) is 43.4 Å². The Morgan fingerprint density at radius 2 is 1.86 bits per heavy atom. The van der Waals surface area contributed by atoms with Gasteiger partial charge in [-0.3, -0.25) is 0 Å². The molecule has 28 heavy (non-hydrogen) atoms. The molecule has 152 valence electrons. The molecule has 6 heteroatoms. The Morgan fingerprint density at radius 1 is 1.11 bits per heavy atom. The second-order valence-electron chi connectivity index (χ2n) is 6.67. The van der Waals surface area contributed by atoms with Crippen molar-refractivity contribution in [3.8, 4) is 5.75 Å². The van der Waals surface area contributed by atoms with Gasteiger partial charge in [0.15, 0.2) is 5.96 Å². The maximum atomic E-state index is 5.98. The first-order valence-electron chi connectivity index (χ1n) is 9.61. The van der Waals surface area contributed by atoms with Crippen molar-refractivity contribution in [3.63, 3.8) is 0 Å². The van der Waals surface area contributed by atoms with E-state index in [0.29, 0.717) is 12.5 Å². The molecule has 0 aromatic heterocycles. The van der Waals surface area contributed by atoms with Crippen molar-refractivity contribution >= 4 is 29.9 Å². The number of benzene rings is 2. The zero-order chi connectivity index (χ0) is 18.9. The summed E-state index contributed by atoms with van der Waals surface area (Å²) in [7, 11) is 1.68. The van der Waals surface area contributed by atoms with Gasteiger partial charge in [-0.1, -0.05) is 42.5 Å². The highest BCUT2D eigenvalue weighted by Gasteiger charge is 2.29. The molecule has 1 fully saturated rings. The maximum Gasteiger partial charge on any atom is 0.191 e. The molecule has 2 aromatic carbocycles. The summed E-state index contributed by atoms with van der Waals surface area (Å²) < 4.78 is 11.2. The lowest BCUT2D eigenvalue weighted by Gasteiger charge is -2.20. The Morgan fingerprint density at radius 3 is 2.54 bits per heavy atom. The van der Waals surface area contributed by atoms with Crippen molar-refractivity contribution in [1.29, 1.82) is 0 Å². The number of guanidine groups is 1. The second kappa shape index (κ2) is 11.9. The number of methoxy groups -OCH3 is 1. The molecule has 2 N–H and O–H groups in total. The molecule has 1 saturated heterocycles. The Balaban J connectivity index is 0.00000280. The molecule has 5 nitrogen and oxygen atoms in total. The normalized spacial score (nSPS) is 19.0. The van der Waals surface area contributed by atoms with Crippen LogP contribution in [-0.4, -0.2) is 32.8 Å². The summed E-state index contributed by atoms with van der Waals surface area (Å²) in [6.45, 7) is 5.19. The third-order valence-corrected chi connectivity index (χ3v) is 4.80. The van der Waals surface area contributed by atoms with Crippen LogP contribution in [0.1, 0.15) is 30.6 Å². The van der Waals surface area contributed by atoms with Crippen LogP contribution < -0.4 is 15.4 Å². The third-order valence-electron chi connectivity index (χ3n) is 4.80. The lowest BCUT2D eigenvalue weighted by Crippen LogP contribution is -2.40. The van der Waals surface area contributed by atoms with E-state index >= 15 is 0 Å². The fourth-order valence-corrected chi connectivity index (χ4v) is 3.32. The molecule has 0 aliphatic carbocycles. The Hall–Kier alpha value is -1.80. The molecular weight excluding hydrogens is 465 g/mol. The molecule has 0 bridgehead atoms. The first kappa shape index (κ1) is 22.5. The van der Waals surface area contributed by atoms with E-state index in [1.165, 1.54) is 5.56 Å². The van der Waals surface area contributed by atoms with Gasteiger partial charge < -0.3 is 20.1 Å². The number of aliphatic imine (C=N–C) groups is 1. The maximum absolute atomic E-state index is 5.98. The van der Waals surface area contributed by atoms with E-state index in [1.807, 2.05) is 30.3 Å². The van der Waals surface area contributed by atoms with Gasteiger partial charge in [0.2, 0.25) is 0 Å². The Labute approximate surface area is 184 Å². The third kappa shape index (κ3) is 6.38. The van der Waals surface area contributed by atoms with E-state index in [-0.39, 0.29) is 30.1 Å². The molecule has 2 atom stereocenters. The largest absolute Gasteiger partial charge is 0.497 e. The van der Waals surface area contributed by atoms with Crippen LogP contribution in [0.2, 0.25) is 0 Å². The zero-order valence-electron chi connectivity index (χ0n) is 16.6. The molecule has 2 aromatic rings. The summed E-state index contributed by atoms with van der Waals surface area (Å²) in [5.41, 5.74) is 2.40. The molecule has 2 unspecified atom stereocenters. The van der Waals surface area contributed by atoms with Crippen molar-refractivity contribution < 1.29 is 9.47 Å². The number of hydrogen-bond acceptors (Lipinski definition) is 3. The first-order valence-corrected chi connectivity index (χ1v) is 9.61. The first-order chi connectivity index (χ1) is 13.3. The van der Waals surface area contributed by atoms with Crippen LogP contribution in [0, 0.1) is 5.92 Å². The fourth-order valence-electron chi connectivity index (χ4n) is 3.32. The SMILES string of the molecule is CCNC(=NCc1ccc(OC)cc1)NCC1CCOC1c1ccccc1.I. The summed E-state index contributed by atoms with van der Waals surface area (Å²) in [6, 6.07) is 18.5. The minimum atomic E-state index is 0. The van der Waals surface area contributed by atoms with Gasteiger partial charge in [-0.25, -0.2) is 4.99 Å². The topological polar surface area (TPSA) is 54.9 Å². The van der Waals surface area contributed by atoms with Crippen molar-refractivity contribution in [2.45, 2.75) is 26.0 Å². The predicted molar refractivity (Wildman–Crippen MR) is 124 cm³/mol. The van der Waals surface area contributed by atoms with E-state index < -0.39 is 0 Å². The minimum Gasteiger partial charge on any atom is -0.497 e. The van der Waals surface area contributed by atoms with Crippen LogP contribution in [0.5, 0.6) is 5.75 Å². The summed E-state index contributed by atoms with van der Waals surface area (Å²) in [5, 5.41) is 6.82. The Kier molecular flexibility index (Phi) is 9.57. The number of nitrogens with zero attached hydrogens (tertiary/aromatic N) is 1. The van der Waals surface area contributed by atoms with Crippen molar-refractivity contribution in [3.05, 3.63) is 65.7 Å².